The van der Waals surface area contributed by atoms with Crippen LogP contribution in [0, 0.1) is 6.92 Å². The van der Waals surface area contributed by atoms with Gasteiger partial charge in [0.15, 0.2) is 0 Å². The average molecular weight is 392 g/mol. The van der Waals surface area contributed by atoms with Gasteiger partial charge in [-0.2, -0.15) is 4.98 Å². The molecule has 26 heavy (non-hydrogen) atoms. The van der Waals surface area contributed by atoms with Crippen LogP contribution >= 0.6 is 11.3 Å². The number of aromatic nitrogens is 2. The molecule has 10 heteroatoms. The van der Waals surface area contributed by atoms with Crippen LogP contribution in [-0.4, -0.2) is 30.7 Å². The number of carbonyl (C=O) groups is 1. The van der Waals surface area contributed by atoms with Gasteiger partial charge in [-0.3, -0.25) is 9.52 Å². The highest BCUT2D eigenvalue weighted by molar-refractivity contribution is 7.92. The molecule has 0 saturated carbocycles. The van der Waals surface area contributed by atoms with E-state index >= 15 is 0 Å². The maximum atomic E-state index is 12.3. The maximum absolute atomic E-state index is 12.3. The number of sulfonamides is 1. The highest BCUT2D eigenvalue weighted by Gasteiger charge is 2.13. The lowest BCUT2D eigenvalue weighted by atomic mass is 10.1. The van der Waals surface area contributed by atoms with Gasteiger partial charge in [0, 0.05) is 5.56 Å². The first-order valence-corrected chi connectivity index (χ1v) is 10.3. The van der Waals surface area contributed by atoms with Crippen molar-refractivity contribution in [2.45, 2.75) is 13.5 Å². The van der Waals surface area contributed by atoms with Crippen molar-refractivity contribution >= 4 is 33.0 Å². The van der Waals surface area contributed by atoms with Crippen molar-refractivity contribution in [1.82, 2.24) is 15.5 Å². The Morgan fingerprint density at radius 1 is 1.31 bits per heavy atom. The quantitative estimate of drug-likeness (QED) is 0.666. The Morgan fingerprint density at radius 2 is 2.12 bits per heavy atom. The molecule has 136 valence electrons. The Bertz CT molecular complexity index is 1030. The lowest BCUT2D eigenvalue weighted by Gasteiger charge is -2.09. The minimum absolute atomic E-state index is 0.0968. The monoisotopic (exact) mass is 392 g/mol. The molecule has 0 aliphatic rings. The molecule has 0 aliphatic carbocycles. The van der Waals surface area contributed by atoms with Crippen LogP contribution in [0.3, 0.4) is 0 Å². The van der Waals surface area contributed by atoms with E-state index in [-0.39, 0.29) is 12.5 Å². The van der Waals surface area contributed by atoms with Crippen molar-refractivity contribution in [3.8, 4) is 10.7 Å². The zero-order valence-electron chi connectivity index (χ0n) is 14.0. The number of carbonyl (C=O) groups excluding carboxylic acids is 1. The van der Waals surface area contributed by atoms with Gasteiger partial charge in [0.25, 0.3) is 5.91 Å². The predicted octanol–water partition coefficient (Wildman–Crippen LogP) is 2.41. The van der Waals surface area contributed by atoms with Gasteiger partial charge in [0.05, 0.1) is 23.4 Å². The van der Waals surface area contributed by atoms with Crippen molar-refractivity contribution in [3.05, 3.63) is 52.7 Å². The number of thiophene rings is 1. The number of rotatable bonds is 6. The van der Waals surface area contributed by atoms with Crippen molar-refractivity contribution in [1.29, 1.82) is 0 Å². The number of aryl methyl sites for hydroxylation is 1. The van der Waals surface area contributed by atoms with Gasteiger partial charge in [-0.15, -0.1) is 11.3 Å². The molecule has 0 atom stereocenters. The van der Waals surface area contributed by atoms with Crippen LogP contribution in [0.15, 0.2) is 40.2 Å². The SMILES string of the molecule is Cc1cc(C(=O)NCc2nc(-c3cccs3)no2)ccc1NS(C)(=O)=O. The molecule has 0 saturated heterocycles. The van der Waals surface area contributed by atoms with E-state index in [1.54, 1.807) is 25.1 Å². The second-order valence-corrected chi connectivity index (χ2v) is 8.27. The van der Waals surface area contributed by atoms with Crippen molar-refractivity contribution in [3.63, 3.8) is 0 Å². The molecule has 3 rings (SSSR count). The molecule has 2 N–H and O–H groups in total. The largest absolute Gasteiger partial charge is 0.343 e. The lowest BCUT2D eigenvalue weighted by Crippen LogP contribution is -2.23. The Morgan fingerprint density at radius 3 is 2.77 bits per heavy atom. The third-order valence-electron chi connectivity index (χ3n) is 3.39. The van der Waals surface area contributed by atoms with Crippen LogP contribution in [0.1, 0.15) is 21.8 Å². The van der Waals surface area contributed by atoms with Crippen LogP contribution < -0.4 is 10.0 Å². The van der Waals surface area contributed by atoms with Gasteiger partial charge in [-0.25, -0.2) is 8.42 Å². The number of hydrogen-bond acceptors (Lipinski definition) is 7. The molecular weight excluding hydrogens is 376 g/mol. The van der Waals surface area contributed by atoms with Crippen LogP contribution in [0.25, 0.3) is 10.7 Å². The highest BCUT2D eigenvalue weighted by Crippen LogP contribution is 2.21. The Labute approximate surface area is 154 Å². The summed E-state index contributed by atoms with van der Waals surface area (Å²) in [5.74, 6) is 0.458. The van der Waals surface area contributed by atoms with E-state index < -0.39 is 10.0 Å². The zero-order chi connectivity index (χ0) is 18.7. The van der Waals surface area contributed by atoms with Crippen LogP contribution in [0.2, 0.25) is 0 Å². The van der Waals surface area contributed by atoms with E-state index in [2.05, 4.69) is 20.2 Å². The average Bonchev–Trinajstić information content (AvgIpc) is 3.24. The third kappa shape index (κ3) is 4.46. The maximum Gasteiger partial charge on any atom is 0.251 e. The second-order valence-electron chi connectivity index (χ2n) is 5.58. The van der Waals surface area contributed by atoms with Gasteiger partial charge in [-0.1, -0.05) is 11.2 Å². The summed E-state index contributed by atoms with van der Waals surface area (Å²) < 4.78 is 30.1. The van der Waals surface area contributed by atoms with Gasteiger partial charge in [-0.05, 0) is 42.1 Å². The van der Waals surface area contributed by atoms with Crippen LogP contribution in [-0.2, 0) is 16.6 Å². The molecule has 0 aliphatic heterocycles. The zero-order valence-corrected chi connectivity index (χ0v) is 15.6. The Hall–Kier alpha value is -2.72. The molecule has 0 fully saturated rings. The molecule has 2 aromatic heterocycles. The molecule has 8 nitrogen and oxygen atoms in total. The fourth-order valence-corrected chi connectivity index (χ4v) is 3.49. The number of nitrogens with one attached hydrogen (secondary N) is 2. The number of benzene rings is 1. The number of nitrogens with zero attached hydrogens (tertiary/aromatic N) is 2. The first-order chi connectivity index (χ1) is 12.3. The Balaban J connectivity index is 1.64. The molecule has 0 radical (unpaired) electrons. The van der Waals surface area contributed by atoms with Gasteiger partial charge < -0.3 is 9.84 Å². The minimum Gasteiger partial charge on any atom is -0.343 e. The standard InChI is InChI=1S/C16H16N4O4S2/c1-10-8-11(5-6-12(10)20-26(2,22)23)16(21)17-9-14-18-15(19-24-14)13-4-3-7-25-13/h3-8,20H,9H2,1-2H3,(H,17,21). The summed E-state index contributed by atoms with van der Waals surface area (Å²) in [5.41, 5.74) is 1.47. The minimum atomic E-state index is -3.37. The fourth-order valence-electron chi connectivity index (χ4n) is 2.21. The first kappa shape index (κ1) is 18.1. The van der Waals surface area contributed by atoms with E-state index in [1.807, 2.05) is 17.5 Å². The molecular formula is C16H16N4O4S2. The highest BCUT2D eigenvalue weighted by atomic mass is 32.2. The molecule has 3 aromatic rings. The normalized spacial score (nSPS) is 11.3. The molecule has 0 spiro atoms. The first-order valence-electron chi connectivity index (χ1n) is 7.55. The topological polar surface area (TPSA) is 114 Å². The summed E-state index contributed by atoms with van der Waals surface area (Å²) >= 11 is 1.50. The molecule has 1 aromatic carbocycles. The third-order valence-corrected chi connectivity index (χ3v) is 4.85. The Kier molecular flexibility index (Phi) is 5.05. The smallest absolute Gasteiger partial charge is 0.251 e. The summed E-state index contributed by atoms with van der Waals surface area (Å²) in [6.07, 6.45) is 1.07. The summed E-state index contributed by atoms with van der Waals surface area (Å²) in [6.45, 7) is 1.81. The van der Waals surface area contributed by atoms with E-state index in [4.69, 9.17) is 4.52 Å². The summed E-state index contributed by atoms with van der Waals surface area (Å²) in [6, 6.07) is 8.47. The fraction of sp³-hybridized carbons (Fsp3) is 0.188. The van der Waals surface area contributed by atoms with Gasteiger partial charge in [0.1, 0.15) is 0 Å². The molecule has 1 amide bonds. The van der Waals surface area contributed by atoms with Gasteiger partial charge >= 0.3 is 0 Å². The van der Waals surface area contributed by atoms with Crippen LogP contribution in [0.4, 0.5) is 5.69 Å². The van der Waals surface area contributed by atoms with Crippen molar-refractivity contribution in [2.24, 2.45) is 0 Å². The summed E-state index contributed by atoms with van der Waals surface area (Å²) in [7, 11) is -3.37. The van der Waals surface area contributed by atoms with Crippen LogP contribution in [0.5, 0.6) is 0 Å². The number of anilines is 1. The van der Waals surface area contributed by atoms with Gasteiger partial charge in [0.2, 0.25) is 21.7 Å². The lowest BCUT2D eigenvalue weighted by molar-refractivity contribution is 0.0946. The molecule has 0 unspecified atom stereocenters. The van der Waals surface area contributed by atoms with E-state index in [9.17, 15) is 13.2 Å². The summed E-state index contributed by atoms with van der Waals surface area (Å²) in [4.78, 5) is 17.4. The van der Waals surface area contributed by atoms with E-state index in [0.29, 0.717) is 28.5 Å². The number of amides is 1. The van der Waals surface area contributed by atoms with Crippen molar-refractivity contribution in [2.75, 3.05) is 11.0 Å². The van der Waals surface area contributed by atoms with E-state index in [1.165, 1.54) is 11.3 Å². The molecule has 0 bridgehead atoms. The van der Waals surface area contributed by atoms with E-state index in [0.717, 1.165) is 11.1 Å². The second kappa shape index (κ2) is 7.26. The van der Waals surface area contributed by atoms with Crippen molar-refractivity contribution < 1.29 is 17.7 Å². The molecule has 2 heterocycles. The number of hydrogen-bond donors (Lipinski definition) is 2. The summed E-state index contributed by atoms with van der Waals surface area (Å²) in [5, 5.41) is 8.49. The predicted molar refractivity (Wildman–Crippen MR) is 98.4 cm³/mol.